The maximum absolute atomic E-state index is 10.7. The van der Waals surface area contributed by atoms with Crippen molar-refractivity contribution in [2.75, 3.05) is 6.54 Å². The number of carboxylic acid groups (broad SMARTS) is 1. The summed E-state index contributed by atoms with van der Waals surface area (Å²) in [6.07, 6.45) is 6.65. The number of hydrogen-bond donors (Lipinski definition) is 2. The van der Waals surface area contributed by atoms with Gasteiger partial charge in [-0.15, -0.1) is 0 Å². The molecule has 0 spiro atoms. The maximum Gasteiger partial charge on any atom is 0.371 e. The molecule has 4 heteroatoms. The third-order valence-electron chi connectivity index (χ3n) is 4.04. The zero-order valence-corrected chi connectivity index (χ0v) is 11.5. The molecular weight excluding hydrogens is 242 g/mol. The Balaban J connectivity index is 1.62. The van der Waals surface area contributed by atoms with Crippen LogP contribution in [-0.4, -0.2) is 17.6 Å². The van der Waals surface area contributed by atoms with Gasteiger partial charge in [0.25, 0.3) is 0 Å². The van der Waals surface area contributed by atoms with Gasteiger partial charge in [0.15, 0.2) is 0 Å². The van der Waals surface area contributed by atoms with Gasteiger partial charge >= 0.3 is 5.97 Å². The van der Waals surface area contributed by atoms with Crippen molar-refractivity contribution in [2.24, 2.45) is 11.8 Å². The summed E-state index contributed by atoms with van der Waals surface area (Å²) in [6, 6.07) is 3.22. The van der Waals surface area contributed by atoms with E-state index in [0.717, 1.165) is 18.4 Å². The van der Waals surface area contributed by atoms with Gasteiger partial charge in [-0.05, 0) is 36.9 Å². The van der Waals surface area contributed by atoms with Gasteiger partial charge in [-0.3, -0.25) is 0 Å². The molecule has 0 amide bonds. The molecule has 1 aliphatic carbocycles. The lowest BCUT2D eigenvalue weighted by molar-refractivity contribution is 0.0660. The Morgan fingerprint density at radius 3 is 2.74 bits per heavy atom. The van der Waals surface area contributed by atoms with Crippen molar-refractivity contribution in [2.45, 2.75) is 45.6 Å². The van der Waals surface area contributed by atoms with Gasteiger partial charge in [-0.2, -0.15) is 0 Å². The lowest BCUT2D eigenvalue weighted by atomic mass is 9.81. The molecule has 0 bridgehead atoms. The molecule has 1 saturated carbocycles. The molecule has 1 aromatic rings. The number of hydrogen-bond acceptors (Lipinski definition) is 3. The average molecular weight is 265 g/mol. The van der Waals surface area contributed by atoms with Crippen LogP contribution in [0.4, 0.5) is 0 Å². The standard InChI is InChI=1S/C15H23NO3/c1-11-2-4-12(5-3-11)8-9-16-10-13-6-7-14(19-13)15(17)18/h6-7,11-12,16H,2-5,8-10H2,1H3,(H,17,18). The van der Waals surface area contributed by atoms with Crippen molar-refractivity contribution in [3.8, 4) is 0 Å². The lowest BCUT2D eigenvalue weighted by Gasteiger charge is -2.26. The summed E-state index contributed by atoms with van der Waals surface area (Å²) < 4.78 is 5.19. The molecule has 0 atom stereocenters. The summed E-state index contributed by atoms with van der Waals surface area (Å²) in [5.74, 6) is 1.45. The van der Waals surface area contributed by atoms with Crippen molar-refractivity contribution in [1.29, 1.82) is 0 Å². The number of furan rings is 1. The molecule has 0 saturated heterocycles. The van der Waals surface area contributed by atoms with Crippen LogP contribution >= 0.6 is 0 Å². The maximum atomic E-state index is 10.7. The monoisotopic (exact) mass is 265 g/mol. The summed E-state index contributed by atoms with van der Waals surface area (Å²) in [4.78, 5) is 10.7. The van der Waals surface area contributed by atoms with Gasteiger partial charge in [-0.25, -0.2) is 4.79 Å². The van der Waals surface area contributed by atoms with Crippen LogP contribution in [0.3, 0.4) is 0 Å². The molecule has 1 aliphatic rings. The largest absolute Gasteiger partial charge is 0.475 e. The Morgan fingerprint density at radius 1 is 1.37 bits per heavy atom. The van der Waals surface area contributed by atoms with Crippen molar-refractivity contribution in [3.05, 3.63) is 23.7 Å². The smallest absolute Gasteiger partial charge is 0.371 e. The number of carbonyl (C=O) groups is 1. The molecule has 0 radical (unpaired) electrons. The van der Waals surface area contributed by atoms with E-state index in [1.807, 2.05) is 0 Å². The van der Waals surface area contributed by atoms with Crippen molar-refractivity contribution in [3.63, 3.8) is 0 Å². The predicted molar refractivity (Wildman–Crippen MR) is 73.1 cm³/mol. The quantitative estimate of drug-likeness (QED) is 0.775. The summed E-state index contributed by atoms with van der Waals surface area (Å²) in [5, 5.41) is 12.1. The van der Waals surface area contributed by atoms with Crippen LogP contribution in [0.2, 0.25) is 0 Å². The van der Waals surface area contributed by atoms with Gasteiger partial charge in [0.1, 0.15) is 5.76 Å². The molecular formula is C15H23NO3. The van der Waals surface area contributed by atoms with Gasteiger partial charge in [0.05, 0.1) is 6.54 Å². The summed E-state index contributed by atoms with van der Waals surface area (Å²) in [7, 11) is 0. The Bertz CT molecular complexity index is 405. The Hall–Kier alpha value is -1.29. The van der Waals surface area contributed by atoms with Crippen LogP contribution < -0.4 is 5.32 Å². The Kier molecular flexibility index (Phi) is 5.02. The Labute approximate surface area is 114 Å². The molecule has 2 rings (SSSR count). The van der Waals surface area contributed by atoms with E-state index in [4.69, 9.17) is 9.52 Å². The summed E-state index contributed by atoms with van der Waals surface area (Å²) in [5.41, 5.74) is 0. The third kappa shape index (κ3) is 4.39. The first-order chi connectivity index (χ1) is 9.15. The number of nitrogens with one attached hydrogen (secondary N) is 1. The molecule has 0 aliphatic heterocycles. The minimum Gasteiger partial charge on any atom is -0.475 e. The van der Waals surface area contributed by atoms with E-state index in [2.05, 4.69) is 12.2 Å². The number of aromatic carboxylic acids is 1. The molecule has 0 aromatic carbocycles. The van der Waals surface area contributed by atoms with Gasteiger partial charge in [-0.1, -0.05) is 32.6 Å². The zero-order chi connectivity index (χ0) is 13.7. The normalized spacial score (nSPS) is 23.4. The highest BCUT2D eigenvalue weighted by Gasteiger charge is 2.17. The van der Waals surface area contributed by atoms with Crippen LogP contribution in [0.15, 0.2) is 16.5 Å². The van der Waals surface area contributed by atoms with Gasteiger partial charge in [0.2, 0.25) is 5.76 Å². The highest BCUT2D eigenvalue weighted by molar-refractivity contribution is 5.84. The number of rotatable bonds is 6. The van der Waals surface area contributed by atoms with E-state index in [1.54, 1.807) is 6.07 Å². The zero-order valence-electron chi connectivity index (χ0n) is 11.5. The Morgan fingerprint density at radius 2 is 2.11 bits per heavy atom. The second-order valence-corrected chi connectivity index (χ2v) is 5.66. The van der Waals surface area contributed by atoms with E-state index in [0.29, 0.717) is 12.3 Å². The van der Waals surface area contributed by atoms with Crippen LogP contribution in [0, 0.1) is 11.8 Å². The first-order valence-electron chi connectivity index (χ1n) is 7.18. The predicted octanol–water partition coefficient (Wildman–Crippen LogP) is 3.28. The van der Waals surface area contributed by atoms with Crippen molar-refractivity contribution in [1.82, 2.24) is 5.32 Å². The van der Waals surface area contributed by atoms with E-state index >= 15 is 0 Å². The average Bonchev–Trinajstić information content (AvgIpc) is 2.86. The van der Waals surface area contributed by atoms with Crippen LogP contribution in [0.5, 0.6) is 0 Å². The van der Waals surface area contributed by atoms with E-state index < -0.39 is 5.97 Å². The number of carboxylic acids is 1. The molecule has 1 fully saturated rings. The van der Waals surface area contributed by atoms with E-state index in [-0.39, 0.29) is 5.76 Å². The SMILES string of the molecule is CC1CCC(CCNCc2ccc(C(=O)O)o2)CC1. The molecule has 2 N–H and O–H groups in total. The second kappa shape index (κ2) is 6.75. The lowest BCUT2D eigenvalue weighted by Crippen LogP contribution is -2.20. The minimum absolute atomic E-state index is 0.0121. The fourth-order valence-corrected chi connectivity index (χ4v) is 2.72. The van der Waals surface area contributed by atoms with Crippen molar-refractivity contribution >= 4 is 5.97 Å². The highest BCUT2D eigenvalue weighted by atomic mass is 16.4. The summed E-state index contributed by atoms with van der Waals surface area (Å²) in [6.45, 7) is 3.92. The molecule has 106 valence electrons. The first kappa shape index (κ1) is 14.1. The van der Waals surface area contributed by atoms with E-state index in [1.165, 1.54) is 38.2 Å². The third-order valence-corrected chi connectivity index (χ3v) is 4.04. The molecule has 1 aromatic heterocycles. The van der Waals surface area contributed by atoms with Gasteiger partial charge in [0, 0.05) is 0 Å². The fraction of sp³-hybridized carbons (Fsp3) is 0.667. The highest BCUT2D eigenvalue weighted by Crippen LogP contribution is 2.29. The van der Waals surface area contributed by atoms with E-state index in [9.17, 15) is 4.79 Å². The van der Waals surface area contributed by atoms with Gasteiger partial charge < -0.3 is 14.8 Å². The molecule has 19 heavy (non-hydrogen) atoms. The second-order valence-electron chi connectivity index (χ2n) is 5.66. The fourth-order valence-electron chi connectivity index (χ4n) is 2.72. The minimum atomic E-state index is -1.01. The van der Waals surface area contributed by atoms with Crippen LogP contribution in [0.25, 0.3) is 0 Å². The molecule has 1 heterocycles. The molecule has 4 nitrogen and oxygen atoms in total. The summed E-state index contributed by atoms with van der Waals surface area (Å²) >= 11 is 0. The topological polar surface area (TPSA) is 62.5 Å². The van der Waals surface area contributed by atoms with Crippen LogP contribution in [0.1, 0.15) is 55.3 Å². The van der Waals surface area contributed by atoms with Crippen molar-refractivity contribution < 1.29 is 14.3 Å². The van der Waals surface area contributed by atoms with Crippen LogP contribution in [-0.2, 0) is 6.54 Å². The molecule has 0 unspecified atom stereocenters. The first-order valence-corrected chi connectivity index (χ1v) is 7.18.